The molecular weight excluding hydrogens is 327 g/mol. The van der Waals surface area contributed by atoms with Crippen LogP contribution in [0.2, 0.25) is 0 Å². The summed E-state index contributed by atoms with van der Waals surface area (Å²) >= 11 is 1.47. The van der Waals surface area contributed by atoms with Crippen molar-refractivity contribution in [3.8, 4) is 22.8 Å². The number of aromatic nitrogens is 2. The maximum Gasteiger partial charge on any atom is 0.161 e. The second-order valence-electron chi connectivity index (χ2n) is 4.88. The van der Waals surface area contributed by atoms with Gasteiger partial charge in [0.25, 0.3) is 0 Å². The van der Waals surface area contributed by atoms with E-state index in [-0.39, 0.29) is 5.82 Å². The molecule has 6 heteroatoms. The Labute approximate surface area is 143 Å². The molecule has 3 rings (SSSR count). The van der Waals surface area contributed by atoms with E-state index in [2.05, 4.69) is 10.2 Å². The van der Waals surface area contributed by atoms with Gasteiger partial charge in [0.05, 0.1) is 19.9 Å². The molecule has 0 aliphatic rings. The summed E-state index contributed by atoms with van der Waals surface area (Å²) in [5.41, 5.74) is 1.53. The van der Waals surface area contributed by atoms with Crippen molar-refractivity contribution in [2.45, 2.75) is 9.92 Å². The third kappa shape index (κ3) is 3.65. The Kier molecular flexibility index (Phi) is 4.96. The van der Waals surface area contributed by atoms with E-state index in [0.29, 0.717) is 17.2 Å². The summed E-state index contributed by atoms with van der Waals surface area (Å²) in [5.74, 6) is 1.07. The molecule has 0 saturated carbocycles. The Bertz CT molecular complexity index is 823. The first-order chi connectivity index (χ1) is 11.7. The van der Waals surface area contributed by atoms with Crippen LogP contribution in [-0.4, -0.2) is 24.4 Å². The summed E-state index contributed by atoms with van der Waals surface area (Å²) in [6.07, 6.45) is 0. The number of rotatable bonds is 5. The van der Waals surface area contributed by atoms with Crippen LogP contribution in [0.4, 0.5) is 4.39 Å². The van der Waals surface area contributed by atoms with Crippen molar-refractivity contribution >= 4 is 11.8 Å². The van der Waals surface area contributed by atoms with Crippen LogP contribution in [0.3, 0.4) is 0 Å². The zero-order chi connectivity index (χ0) is 16.9. The molecule has 0 N–H and O–H groups in total. The van der Waals surface area contributed by atoms with Crippen molar-refractivity contribution in [1.29, 1.82) is 0 Å². The molecule has 0 fully saturated rings. The van der Waals surface area contributed by atoms with Gasteiger partial charge in [0, 0.05) is 10.5 Å². The van der Waals surface area contributed by atoms with Crippen LogP contribution in [0.15, 0.2) is 64.5 Å². The Balaban J connectivity index is 1.78. The van der Waals surface area contributed by atoms with E-state index in [1.165, 1.54) is 23.9 Å². The fourth-order valence-corrected chi connectivity index (χ4v) is 2.91. The minimum absolute atomic E-state index is 0.271. The first-order valence-electron chi connectivity index (χ1n) is 7.19. The lowest BCUT2D eigenvalue weighted by molar-refractivity contribution is 0.354. The molecule has 1 heterocycles. The van der Waals surface area contributed by atoms with Crippen molar-refractivity contribution in [3.63, 3.8) is 0 Å². The van der Waals surface area contributed by atoms with E-state index in [1.807, 2.05) is 30.3 Å². The molecule has 0 atom stereocenters. The highest BCUT2D eigenvalue weighted by atomic mass is 32.2. The number of hydrogen-bond acceptors (Lipinski definition) is 5. The van der Waals surface area contributed by atoms with E-state index in [0.717, 1.165) is 15.5 Å². The molecule has 122 valence electrons. The lowest BCUT2D eigenvalue weighted by Crippen LogP contribution is -1.91. The first-order valence-corrected chi connectivity index (χ1v) is 8.01. The molecule has 0 bridgehead atoms. The molecule has 0 spiro atoms. The lowest BCUT2D eigenvalue weighted by atomic mass is 10.1. The van der Waals surface area contributed by atoms with E-state index >= 15 is 0 Å². The predicted molar refractivity (Wildman–Crippen MR) is 91.1 cm³/mol. The number of ether oxygens (including phenoxy) is 2. The lowest BCUT2D eigenvalue weighted by Gasteiger charge is -2.09. The van der Waals surface area contributed by atoms with Crippen molar-refractivity contribution in [2.24, 2.45) is 0 Å². The molecule has 4 nitrogen and oxygen atoms in total. The molecular formula is C18H15FN2O2S. The van der Waals surface area contributed by atoms with Crippen LogP contribution in [0, 0.1) is 5.82 Å². The van der Waals surface area contributed by atoms with Crippen LogP contribution in [-0.2, 0) is 0 Å². The topological polar surface area (TPSA) is 44.2 Å². The fourth-order valence-electron chi connectivity index (χ4n) is 2.15. The monoisotopic (exact) mass is 342 g/mol. The highest BCUT2D eigenvalue weighted by Gasteiger charge is 2.07. The second-order valence-corrected chi connectivity index (χ2v) is 5.98. The summed E-state index contributed by atoms with van der Waals surface area (Å²) in [6, 6.07) is 15.6. The van der Waals surface area contributed by atoms with E-state index in [4.69, 9.17) is 9.47 Å². The van der Waals surface area contributed by atoms with Gasteiger partial charge in [-0.1, -0.05) is 11.8 Å². The SMILES string of the molecule is COc1ccc(Sc2ccc(-c3ccc(F)cc3)nn2)cc1OC. The number of hydrogen-bond donors (Lipinski definition) is 0. The van der Waals surface area contributed by atoms with Crippen LogP contribution < -0.4 is 9.47 Å². The molecule has 0 amide bonds. The average molecular weight is 342 g/mol. The summed E-state index contributed by atoms with van der Waals surface area (Å²) in [5, 5.41) is 9.18. The van der Waals surface area contributed by atoms with Crippen LogP contribution in [0.5, 0.6) is 11.5 Å². The third-order valence-electron chi connectivity index (χ3n) is 3.36. The Hall–Kier alpha value is -2.60. The molecule has 0 aliphatic carbocycles. The maximum atomic E-state index is 13.0. The van der Waals surface area contributed by atoms with Gasteiger partial charge >= 0.3 is 0 Å². The molecule has 1 aromatic heterocycles. The van der Waals surface area contributed by atoms with Gasteiger partial charge < -0.3 is 9.47 Å². The molecule has 24 heavy (non-hydrogen) atoms. The first kappa shape index (κ1) is 16.3. The van der Waals surface area contributed by atoms with Gasteiger partial charge in [0.1, 0.15) is 10.8 Å². The second kappa shape index (κ2) is 7.31. The van der Waals surface area contributed by atoms with Gasteiger partial charge in [-0.3, -0.25) is 0 Å². The van der Waals surface area contributed by atoms with Gasteiger partial charge in [-0.05, 0) is 54.6 Å². The molecule has 3 aromatic rings. The normalized spacial score (nSPS) is 10.5. The minimum atomic E-state index is -0.271. The standard InChI is InChI=1S/C18H15FN2O2S/c1-22-16-9-7-14(11-17(16)23-2)24-18-10-8-15(20-21-18)12-3-5-13(19)6-4-12/h3-11H,1-2H3. The Morgan fingerprint density at radius 3 is 2.21 bits per heavy atom. The zero-order valence-electron chi connectivity index (χ0n) is 13.2. The van der Waals surface area contributed by atoms with E-state index in [9.17, 15) is 4.39 Å². The van der Waals surface area contributed by atoms with E-state index < -0.39 is 0 Å². The highest BCUT2D eigenvalue weighted by Crippen LogP contribution is 2.34. The van der Waals surface area contributed by atoms with Gasteiger partial charge in [-0.15, -0.1) is 10.2 Å². The Morgan fingerprint density at radius 1 is 0.833 bits per heavy atom. The molecule has 0 aliphatic heterocycles. The Morgan fingerprint density at radius 2 is 1.58 bits per heavy atom. The number of halogens is 1. The number of benzene rings is 2. The molecule has 0 saturated heterocycles. The summed E-state index contributed by atoms with van der Waals surface area (Å²) in [4.78, 5) is 0.969. The van der Waals surface area contributed by atoms with Gasteiger partial charge in [-0.25, -0.2) is 4.39 Å². The molecule has 2 aromatic carbocycles. The summed E-state index contributed by atoms with van der Waals surface area (Å²) in [7, 11) is 3.20. The fraction of sp³-hybridized carbons (Fsp3) is 0.111. The average Bonchev–Trinajstić information content (AvgIpc) is 2.63. The largest absolute Gasteiger partial charge is 0.493 e. The number of methoxy groups -OCH3 is 2. The minimum Gasteiger partial charge on any atom is -0.493 e. The van der Waals surface area contributed by atoms with Gasteiger partial charge in [0.15, 0.2) is 11.5 Å². The summed E-state index contributed by atoms with van der Waals surface area (Å²) in [6.45, 7) is 0. The smallest absolute Gasteiger partial charge is 0.161 e. The maximum absolute atomic E-state index is 13.0. The van der Waals surface area contributed by atoms with Gasteiger partial charge in [0.2, 0.25) is 0 Å². The predicted octanol–water partition coefficient (Wildman–Crippen LogP) is 4.45. The quantitative estimate of drug-likeness (QED) is 0.685. The van der Waals surface area contributed by atoms with E-state index in [1.54, 1.807) is 26.4 Å². The van der Waals surface area contributed by atoms with Crippen molar-refractivity contribution in [2.75, 3.05) is 14.2 Å². The summed E-state index contributed by atoms with van der Waals surface area (Å²) < 4.78 is 23.5. The van der Waals surface area contributed by atoms with Crippen LogP contribution >= 0.6 is 11.8 Å². The molecule has 0 unspecified atom stereocenters. The van der Waals surface area contributed by atoms with Crippen LogP contribution in [0.25, 0.3) is 11.3 Å². The number of nitrogens with zero attached hydrogens (tertiary/aromatic N) is 2. The van der Waals surface area contributed by atoms with Crippen molar-refractivity contribution < 1.29 is 13.9 Å². The van der Waals surface area contributed by atoms with Gasteiger partial charge in [-0.2, -0.15) is 0 Å². The zero-order valence-corrected chi connectivity index (χ0v) is 14.0. The highest BCUT2D eigenvalue weighted by molar-refractivity contribution is 7.99. The van der Waals surface area contributed by atoms with Crippen molar-refractivity contribution in [1.82, 2.24) is 10.2 Å². The van der Waals surface area contributed by atoms with Crippen molar-refractivity contribution in [3.05, 3.63) is 60.4 Å². The van der Waals surface area contributed by atoms with Crippen LogP contribution in [0.1, 0.15) is 0 Å². The third-order valence-corrected chi connectivity index (χ3v) is 4.27. The molecule has 0 radical (unpaired) electrons.